The Balaban J connectivity index is 0.00000218. The van der Waals surface area contributed by atoms with Gasteiger partial charge in [-0.3, -0.25) is 4.79 Å². The first-order valence-electron chi connectivity index (χ1n) is 9.83. The van der Waals surface area contributed by atoms with E-state index in [-0.39, 0.29) is 39.4 Å². The summed E-state index contributed by atoms with van der Waals surface area (Å²) in [5, 5.41) is 3.21. The van der Waals surface area contributed by atoms with Crippen LogP contribution in [0.4, 0.5) is 17.6 Å². The average Bonchev–Trinajstić information content (AvgIpc) is 3.06. The maximum absolute atomic E-state index is 12.8. The van der Waals surface area contributed by atoms with Crippen LogP contribution in [0, 0.1) is 0 Å². The Hall–Kier alpha value is -3.27. The first-order chi connectivity index (χ1) is 14.2. The molecule has 9 nitrogen and oxygen atoms in total. The minimum absolute atomic E-state index is 0. The molecule has 174 valence electrons. The van der Waals surface area contributed by atoms with Crippen molar-refractivity contribution >= 4 is 35.8 Å². The number of carbonyl (C=O) groups is 1. The summed E-state index contributed by atoms with van der Waals surface area (Å²) in [5.74, 6) is 1.06. The first-order valence-corrected chi connectivity index (χ1v) is 9.83. The monoisotopic (exact) mass is 461 g/mol. The topological polar surface area (TPSA) is 150 Å². The van der Waals surface area contributed by atoms with Gasteiger partial charge in [-0.2, -0.15) is 15.0 Å². The predicted octanol–water partition coefficient (Wildman–Crippen LogP) is 5.06. The number of nitrogens with zero attached hydrogens (tertiary/aromatic N) is 4. The number of anilines is 3. The second kappa shape index (κ2) is 10.4. The number of benzene rings is 2. The van der Waals surface area contributed by atoms with Gasteiger partial charge in [-0.25, -0.2) is 0 Å². The van der Waals surface area contributed by atoms with E-state index in [9.17, 15) is 4.79 Å². The molecular formula is C22H32ClN7O2. The Morgan fingerprint density at radius 1 is 0.906 bits per heavy atom. The molecule has 0 saturated carbocycles. The lowest BCUT2D eigenvalue weighted by Crippen LogP contribution is -2.31. The molecule has 5 rings (SSSR count). The smallest absolute Gasteiger partial charge is 0.322 e. The van der Waals surface area contributed by atoms with Crippen LogP contribution < -0.4 is 27.3 Å². The van der Waals surface area contributed by atoms with Crippen molar-refractivity contribution in [2.75, 3.05) is 30.4 Å². The molecule has 1 aliphatic carbocycles. The third-order valence-corrected chi connectivity index (χ3v) is 5.41. The molecule has 1 saturated heterocycles. The van der Waals surface area contributed by atoms with Gasteiger partial charge in [0.15, 0.2) is 5.78 Å². The van der Waals surface area contributed by atoms with Gasteiger partial charge in [0.2, 0.25) is 11.9 Å². The Morgan fingerprint density at radius 2 is 1.59 bits per heavy atom. The lowest BCUT2D eigenvalue weighted by Gasteiger charge is -2.26. The molecule has 0 spiro atoms. The summed E-state index contributed by atoms with van der Waals surface area (Å²) < 4.78 is 5.27. The first kappa shape index (κ1) is 25.0. The van der Waals surface area contributed by atoms with Crippen molar-refractivity contribution in [2.24, 2.45) is 0 Å². The number of piperidine rings is 1. The second-order valence-electron chi connectivity index (χ2n) is 7.25. The molecule has 7 N–H and O–H groups in total. The number of hydrogen-bond acceptors (Lipinski definition) is 9. The molecule has 32 heavy (non-hydrogen) atoms. The zero-order chi connectivity index (χ0) is 19.8. The normalized spacial score (nSPS) is 13.7. The van der Waals surface area contributed by atoms with Crippen LogP contribution >= 0.6 is 12.4 Å². The standard InChI is InChI=1S/C22H21N5O2.ClH.2H3N.2H2/c1-29-22-25-20(24-21(26-22)27-11-5-2-6-12-27)23-14-9-10-16-15-7-3-4-8-17(15)19(28)18(16)13-14;;;;;/h3-4,7-10,13H,2,5-6,11-12H2,1H3,(H,23,24,25,26);1H;2*1H3;2*1H. The van der Waals surface area contributed by atoms with Gasteiger partial charge in [0, 0.05) is 32.8 Å². The third-order valence-electron chi connectivity index (χ3n) is 5.41. The van der Waals surface area contributed by atoms with E-state index in [1.165, 1.54) is 6.42 Å². The van der Waals surface area contributed by atoms with E-state index in [1.807, 2.05) is 42.5 Å². The minimum Gasteiger partial charge on any atom is -0.467 e. The second-order valence-corrected chi connectivity index (χ2v) is 7.25. The molecule has 1 fully saturated rings. The molecule has 10 heteroatoms. The minimum atomic E-state index is 0. The number of halogens is 1. The Morgan fingerprint density at radius 3 is 2.31 bits per heavy atom. The van der Waals surface area contributed by atoms with E-state index in [0.717, 1.165) is 48.3 Å². The highest BCUT2D eigenvalue weighted by Crippen LogP contribution is 2.38. The fraction of sp³-hybridized carbons (Fsp3) is 0.273. The van der Waals surface area contributed by atoms with Crippen LogP contribution in [0.3, 0.4) is 0 Å². The highest BCUT2D eigenvalue weighted by atomic mass is 35.5. The molecule has 0 radical (unpaired) electrons. The summed E-state index contributed by atoms with van der Waals surface area (Å²) in [4.78, 5) is 28.2. The van der Waals surface area contributed by atoms with Crippen molar-refractivity contribution in [3.63, 3.8) is 0 Å². The zero-order valence-electron chi connectivity index (χ0n) is 18.0. The van der Waals surface area contributed by atoms with E-state index in [2.05, 4.69) is 25.2 Å². The zero-order valence-corrected chi connectivity index (χ0v) is 18.8. The lowest BCUT2D eigenvalue weighted by atomic mass is 10.1. The lowest BCUT2D eigenvalue weighted by molar-refractivity contribution is 0.104. The molecule has 3 aromatic rings. The van der Waals surface area contributed by atoms with Crippen LogP contribution in [-0.4, -0.2) is 40.9 Å². The Kier molecular flexibility index (Phi) is 8.09. The van der Waals surface area contributed by atoms with Gasteiger partial charge in [0.1, 0.15) is 0 Å². The van der Waals surface area contributed by atoms with Crippen molar-refractivity contribution in [2.45, 2.75) is 19.3 Å². The molecule has 2 aromatic carbocycles. The van der Waals surface area contributed by atoms with E-state index in [0.29, 0.717) is 17.5 Å². The summed E-state index contributed by atoms with van der Waals surface area (Å²) in [6, 6.07) is 13.7. The van der Waals surface area contributed by atoms with Gasteiger partial charge >= 0.3 is 6.01 Å². The van der Waals surface area contributed by atoms with E-state index < -0.39 is 0 Å². The van der Waals surface area contributed by atoms with Crippen LogP contribution in [0.2, 0.25) is 0 Å². The number of carbonyl (C=O) groups excluding carboxylic acids is 1. The number of ether oxygens (including phenoxy) is 1. The fourth-order valence-corrected chi connectivity index (χ4v) is 3.96. The molecule has 0 bridgehead atoms. The molecule has 2 aliphatic rings. The van der Waals surface area contributed by atoms with Gasteiger partial charge < -0.3 is 27.3 Å². The Labute approximate surface area is 196 Å². The van der Waals surface area contributed by atoms with E-state index in [4.69, 9.17) is 4.74 Å². The molecule has 1 aromatic heterocycles. The summed E-state index contributed by atoms with van der Waals surface area (Å²) in [5.41, 5.74) is 4.12. The maximum Gasteiger partial charge on any atom is 0.322 e. The van der Waals surface area contributed by atoms with Gasteiger partial charge in [-0.1, -0.05) is 30.3 Å². The Bertz CT molecular complexity index is 1110. The average molecular weight is 462 g/mol. The maximum atomic E-state index is 12.8. The molecule has 1 aliphatic heterocycles. The number of aromatic nitrogens is 3. The van der Waals surface area contributed by atoms with Crippen molar-refractivity contribution in [3.8, 4) is 17.1 Å². The number of nitrogens with one attached hydrogen (secondary N) is 1. The fourth-order valence-electron chi connectivity index (χ4n) is 3.96. The van der Waals surface area contributed by atoms with Crippen molar-refractivity contribution in [1.82, 2.24) is 27.3 Å². The summed E-state index contributed by atoms with van der Waals surface area (Å²) in [6.45, 7) is 1.86. The largest absolute Gasteiger partial charge is 0.467 e. The van der Waals surface area contributed by atoms with Gasteiger partial charge in [-0.15, -0.1) is 12.4 Å². The van der Waals surface area contributed by atoms with Gasteiger partial charge in [0.05, 0.1) is 7.11 Å². The molecular weight excluding hydrogens is 430 g/mol. The number of rotatable bonds is 4. The van der Waals surface area contributed by atoms with Crippen molar-refractivity contribution < 1.29 is 12.4 Å². The van der Waals surface area contributed by atoms with Crippen LogP contribution in [-0.2, 0) is 0 Å². The van der Waals surface area contributed by atoms with Crippen molar-refractivity contribution in [3.05, 3.63) is 53.6 Å². The van der Waals surface area contributed by atoms with E-state index in [1.54, 1.807) is 7.11 Å². The number of fused-ring (bicyclic) bond motifs is 3. The van der Waals surface area contributed by atoms with E-state index >= 15 is 0 Å². The molecule has 0 unspecified atom stereocenters. The van der Waals surface area contributed by atoms with Gasteiger partial charge in [0.25, 0.3) is 0 Å². The molecule has 2 heterocycles. The van der Waals surface area contributed by atoms with Gasteiger partial charge in [-0.05, 0) is 42.5 Å². The number of methoxy groups -OCH3 is 1. The number of ketones is 1. The van der Waals surface area contributed by atoms with Crippen LogP contribution in [0.15, 0.2) is 42.5 Å². The quantitative estimate of drug-likeness (QED) is 0.378. The summed E-state index contributed by atoms with van der Waals surface area (Å²) >= 11 is 0. The summed E-state index contributed by atoms with van der Waals surface area (Å²) in [6.07, 6.45) is 3.49. The van der Waals surface area contributed by atoms with Crippen LogP contribution in [0.1, 0.15) is 38.0 Å². The van der Waals surface area contributed by atoms with Crippen LogP contribution in [0.25, 0.3) is 11.1 Å². The highest BCUT2D eigenvalue weighted by molar-refractivity contribution is 6.22. The van der Waals surface area contributed by atoms with Crippen molar-refractivity contribution in [1.29, 1.82) is 0 Å². The summed E-state index contributed by atoms with van der Waals surface area (Å²) in [7, 11) is 1.55. The molecule has 0 atom stereocenters. The highest BCUT2D eigenvalue weighted by Gasteiger charge is 2.26. The third kappa shape index (κ3) is 4.50. The molecule has 0 amide bonds. The van der Waals surface area contributed by atoms with Crippen LogP contribution in [0.5, 0.6) is 6.01 Å². The predicted molar refractivity (Wildman–Crippen MR) is 133 cm³/mol. The SMILES string of the molecule is COc1nc(Nc2ccc3c(c2)C(=O)c2ccccc2-3)nc(N2CCCCC2)n1.Cl.N.N.[HH].[HH]. The number of hydrogen-bond donors (Lipinski definition) is 3.